The molecule has 5 heteroatoms. The smallest absolute Gasteiger partial charge is 0.282 e. The van der Waals surface area contributed by atoms with Gasteiger partial charge < -0.3 is 14.6 Å². The molecular formula is C16H18N3O2+. The number of nitrogens with one attached hydrogen (secondary N) is 2. The summed E-state index contributed by atoms with van der Waals surface area (Å²) in [6, 6.07) is 12.4. The second kappa shape index (κ2) is 6.73. The zero-order valence-electron chi connectivity index (χ0n) is 12.1. The van der Waals surface area contributed by atoms with Gasteiger partial charge in [-0.15, -0.1) is 0 Å². The molecule has 2 aromatic rings. The Hall–Kier alpha value is -2.58. The monoisotopic (exact) mass is 284 g/mol. The molecule has 2 atom stereocenters. The average molecular weight is 284 g/mol. The van der Waals surface area contributed by atoms with Crippen LogP contribution >= 0.6 is 0 Å². The third-order valence-electron chi connectivity index (χ3n) is 3.45. The molecule has 1 amide bonds. The van der Waals surface area contributed by atoms with E-state index in [1.807, 2.05) is 32.2 Å². The Kier molecular flexibility index (Phi) is 4.75. The summed E-state index contributed by atoms with van der Waals surface area (Å²) < 4.78 is 5.29. The third kappa shape index (κ3) is 3.94. The molecule has 21 heavy (non-hydrogen) atoms. The minimum Gasteiger partial charge on any atom is -0.463 e. The zero-order valence-corrected chi connectivity index (χ0v) is 12.1. The maximum Gasteiger partial charge on any atom is 0.282 e. The van der Waals surface area contributed by atoms with E-state index in [2.05, 4.69) is 5.32 Å². The molecule has 0 aliphatic rings. The maximum absolute atomic E-state index is 12.2. The van der Waals surface area contributed by atoms with Crippen molar-refractivity contribution in [2.75, 3.05) is 12.4 Å². The molecule has 0 fully saturated rings. The van der Waals surface area contributed by atoms with Crippen molar-refractivity contribution in [3.63, 3.8) is 0 Å². The number of benzene rings is 1. The molecule has 0 saturated heterocycles. The lowest BCUT2D eigenvalue weighted by Gasteiger charge is -2.20. The predicted molar refractivity (Wildman–Crippen MR) is 78.5 cm³/mol. The molecule has 1 aromatic heterocycles. The molecule has 0 radical (unpaired) electrons. The highest BCUT2D eigenvalue weighted by molar-refractivity contribution is 5.93. The van der Waals surface area contributed by atoms with Crippen LogP contribution in [0.25, 0.3) is 0 Å². The molecule has 0 aliphatic carbocycles. The molecule has 1 unspecified atom stereocenters. The largest absolute Gasteiger partial charge is 0.463 e. The second-order valence-electron chi connectivity index (χ2n) is 5.00. The van der Waals surface area contributed by atoms with Crippen LogP contribution in [0.3, 0.4) is 0 Å². The minimum absolute atomic E-state index is 0.0660. The summed E-state index contributed by atoms with van der Waals surface area (Å²) in [5.41, 5.74) is 1.26. The lowest BCUT2D eigenvalue weighted by Crippen LogP contribution is -3.12. The van der Waals surface area contributed by atoms with Gasteiger partial charge in [-0.3, -0.25) is 4.79 Å². The number of carbonyl (C=O) groups excluding carboxylic acids is 1. The molecule has 0 aliphatic heterocycles. The van der Waals surface area contributed by atoms with Gasteiger partial charge in [0.1, 0.15) is 6.54 Å². The number of hydrogen-bond acceptors (Lipinski definition) is 3. The molecule has 0 saturated carbocycles. The van der Waals surface area contributed by atoms with Gasteiger partial charge >= 0.3 is 0 Å². The zero-order chi connectivity index (χ0) is 15.2. The Balaban J connectivity index is 1.93. The molecule has 1 heterocycles. The summed E-state index contributed by atoms with van der Waals surface area (Å²) in [6.07, 6.45) is 1.63. The number of anilines is 1. The van der Waals surface area contributed by atoms with E-state index in [-0.39, 0.29) is 11.9 Å². The number of nitriles is 1. The van der Waals surface area contributed by atoms with Crippen molar-refractivity contribution in [1.82, 2.24) is 0 Å². The summed E-state index contributed by atoms with van der Waals surface area (Å²) in [6.45, 7) is 2.52. The fourth-order valence-electron chi connectivity index (χ4n) is 1.94. The Labute approximate surface area is 123 Å². The fraction of sp³-hybridized carbons (Fsp3) is 0.250. The quantitative estimate of drug-likeness (QED) is 0.866. The highest BCUT2D eigenvalue weighted by Gasteiger charge is 2.22. The van der Waals surface area contributed by atoms with Crippen LogP contribution in [0.5, 0.6) is 0 Å². The number of amides is 1. The van der Waals surface area contributed by atoms with Gasteiger partial charge in [0.05, 0.1) is 24.9 Å². The van der Waals surface area contributed by atoms with Crippen LogP contribution in [-0.2, 0) is 11.3 Å². The van der Waals surface area contributed by atoms with Gasteiger partial charge in [-0.1, -0.05) is 0 Å². The molecule has 5 nitrogen and oxygen atoms in total. The minimum atomic E-state index is -0.217. The number of quaternary nitrogens is 1. The standard InChI is InChI=1S/C16H17N3O2/c1-12(19(2)11-15-4-3-9-21-15)16(20)18-14-7-5-13(10-17)6-8-14/h3-9,12H,11H2,1-2H3,(H,18,20)/p+1/t12-/m0/s1. The first-order valence-corrected chi connectivity index (χ1v) is 6.76. The summed E-state index contributed by atoms with van der Waals surface area (Å²) in [5, 5.41) is 11.6. The molecule has 0 bridgehead atoms. The maximum atomic E-state index is 12.2. The number of furan rings is 1. The SMILES string of the molecule is C[C@@H](C(=O)Nc1ccc(C#N)cc1)[NH+](C)Cc1ccco1. The van der Waals surface area contributed by atoms with E-state index in [1.165, 1.54) is 0 Å². The van der Waals surface area contributed by atoms with Crippen LogP contribution in [0, 0.1) is 11.3 Å². The van der Waals surface area contributed by atoms with E-state index in [1.54, 1.807) is 30.5 Å². The van der Waals surface area contributed by atoms with Crippen molar-refractivity contribution in [3.05, 3.63) is 54.0 Å². The Morgan fingerprint density at radius 1 is 1.38 bits per heavy atom. The third-order valence-corrected chi connectivity index (χ3v) is 3.45. The van der Waals surface area contributed by atoms with Gasteiger partial charge in [0.25, 0.3) is 5.91 Å². The van der Waals surface area contributed by atoms with Gasteiger partial charge in [-0.05, 0) is 43.3 Å². The van der Waals surface area contributed by atoms with Crippen LogP contribution in [0.4, 0.5) is 5.69 Å². The van der Waals surface area contributed by atoms with Crippen LogP contribution < -0.4 is 10.2 Å². The van der Waals surface area contributed by atoms with Crippen molar-refractivity contribution < 1.29 is 14.1 Å². The molecule has 2 rings (SSSR count). The predicted octanol–water partition coefficient (Wildman–Crippen LogP) is 1.19. The second-order valence-corrected chi connectivity index (χ2v) is 5.00. The van der Waals surface area contributed by atoms with Crippen LogP contribution in [0.15, 0.2) is 47.1 Å². The summed E-state index contributed by atoms with van der Waals surface area (Å²) >= 11 is 0. The Morgan fingerprint density at radius 3 is 2.67 bits per heavy atom. The fourth-order valence-corrected chi connectivity index (χ4v) is 1.94. The van der Waals surface area contributed by atoms with Gasteiger partial charge in [-0.2, -0.15) is 5.26 Å². The highest BCUT2D eigenvalue weighted by Crippen LogP contribution is 2.08. The van der Waals surface area contributed by atoms with Gasteiger partial charge in [0.15, 0.2) is 11.8 Å². The van der Waals surface area contributed by atoms with Gasteiger partial charge in [-0.25, -0.2) is 0 Å². The first kappa shape index (κ1) is 14.8. The van der Waals surface area contributed by atoms with Gasteiger partial charge in [0, 0.05) is 5.69 Å². The normalized spacial score (nSPS) is 13.2. The molecular weight excluding hydrogens is 266 g/mol. The average Bonchev–Trinajstić information content (AvgIpc) is 3.00. The first-order chi connectivity index (χ1) is 10.1. The topological polar surface area (TPSA) is 70.5 Å². The summed E-state index contributed by atoms with van der Waals surface area (Å²) in [7, 11) is 1.95. The Bertz CT molecular complexity index is 627. The van der Waals surface area contributed by atoms with E-state index < -0.39 is 0 Å². The van der Waals surface area contributed by atoms with E-state index in [0.29, 0.717) is 17.8 Å². The molecule has 1 aromatic carbocycles. The van der Waals surface area contributed by atoms with Crippen LogP contribution in [-0.4, -0.2) is 19.0 Å². The van der Waals surface area contributed by atoms with Crippen molar-refractivity contribution in [3.8, 4) is 6.07 Å². The van der Waals surface area contributed by atoms with E-state index in [9.17, 15) is 4.79 Å². The summed E-state index contributed by atoms with van der Waals surface area (Å²) in [5.74, 6) is 0.786. The lowest BCUT2D eigenvalue weighted by atomic mass is 10.2. The number of carbonyl (C=O) groups is 1. The first-order valence-electron chi connectivity index (χ1n) is 6.76. The van der Waals surface area contributed by atoms with E-state index >= 15 is 0 Å². The number of rotatable bonds is 5. The van der Waals surface area contributed by atoms with E-state index in [0.717, 1.165) is 10.7 Å². The van der Waals surface area contributed by atoms with Crippen LogP contribution in [0.2, 0.25) is 0 Å². The number of likely N-dealkylation sites (N-methyl/N-ethyl adjacent to an activating group) is 1. The lowest BCUT2D eigenvalue weighted by molar-refractivity contribution is -0.908. The molecule has 108 valence electrons. The number of hydrogen-bond donors (Lipinski definition) is 2. The van der Waals surface area contributed by atoms with Gasteiger partial charge in [0.2, 0.25) is 0 Å². The van der Waals surface area contributed by atoms with Crippen molar-refractivity contribution in [2.45, 2.75) is 19.5 Å². The van der Waals surface area contributed by atoms with Crippen molar-refractivity contribution in [1.29, 1.82) is 5.26 Å². The molecule has 2 N–H and O–H groups in total. The van der Waals surface area contributed by atoms with Crippen molar-refractivity contribution >= 4 is 11.6 Å². The van der Waals surface area contributed by atoms with E-state index in [4.69, 9.17) is 9.68 Å². The highest BCUT2D eigenvalue weighted by atomic mass is 16.3. The number of nitrogens with zero attached hydrogens (tertiary/aromatic N) is 1. The van der Waals surface area contributed by atoms with Crippen molar-refractivity contribution in [2.24, 2.45) is 0 Å². The van der Waals surface area contributed by atoms with Crippen LogP contribution in [0.1, 0.15) is 18.2 Å². The molecule has 0 spiro atoms. The summed E-state index contributed by atoms with van der Waals surface area (Å²) in [4.78, 5) is 13.2. The Morgan fingerprint density at radius 2 is 2.10 bits per heavy atom.